The lowest BCUT2D eigenvalue weighted by atomic mass is 9.86. The van der Waals surface area contributed by atoms with E-state index in [1.165, 1.54) is 0 Å². The van der Waals surface area contributed by atoms with Crippen molar-refractivity contribution < 1.29 is 4.79 Å². The van der Waals surface area contributed by atoms with Crippen LogP contribution in [-0.2, 0) is 4.79 Å². The van der Waals surface area contributed by atoms with E-state index in [1.54, 1.807) is 11.9 Å². The molecule has 0 aliphatic carbocycles. The molecule has 0 spiro atoms. The molecule has 1 aliphatic rings. The average molecular weight is 155 g/mol. The zero-order valence-electron chi connectivity index (χ0n) is 6.79. The molecule has 1 saturated heterocycles. The normalized spacial score (nSPS) is 30.0. The number of rotatable bonds is 2. The Bertz CT molecular complexity index is 202. The molecule has 0 aromatic heterocycles. The molecular formula is C7H13N3O. The van der Waals surface area contributed by atoms with E-state index in [-0.39, 0.29) is 23.7 Å². The average Bonchev–Trinajstić information content (AvgIpc) is 1.98. The van der Waals surface area contributed by atoms with Gasteiger partial charge in [0.15, 0.2) is 0 Å². The number of hydrogen-bond acceptors (Lipinski definition) is 2. The fourth-order valence-corrected chi connectivity index (χ4v) is 1.35. The van der Waals surface area contributed by atoms with Gasteiger partial charge < -0.3 is 10.6 Å². The van der Waals surface area contributed by atoms with Crippen molar-refractivity contribution in [1.29, 1.82) is 5.41 Å². The molecule has 1 heterocycles. The predicted octanol–water partition coefficient (Wildman–Crippen LogP) is -0.211. The molecule has 4 nitrogen and oxygen atoms in total. The summed E-state index contributed by atoms with van der Waals surface area (Å²) in [6.45, 7) is 1.97. The first-order chi connectivity index (χ1) is 5.04. The summed E-state index contributed by atoms with van der Waals surface area (Å²) in [4.78, 5) is 12.8. The van der Waals surface area contributed by atoms with Crippen molar-refractivity contribution >= 4 is 11.7 Å². The SMILES string of the molecule is CC1C(CC(=N)N)C(=O)N1C. The summed E-state index contributed by atoms with van der Waals surface area (Å²) < 4.78 is 0. The summed E-state index contributed by atoms with van der Waals surface area (Å²) in [5.74, 6) is 0.161. The van der Waals surface area contributed by atoms with Gasteiger partial charge in [0.05, 0.1) is 11.8 Å². The van der Waals surface area contributed by atoms with Gasteiger partial charge in [-0.2, -0.15) is 0 Å². The highest BCUT2D eigenvalue weighted by Gasteiger charge is 2.41. The minimum atomic E-state index is -0.0440. The second-order valence-corrected chi connectivity index (χ2v) is 3.03. The molecule has 2 unspecified atom stereocenters. The molecule has 4 heteroatoms. The summed E-state index contributed by atoms with van der Waals surface area (Å²) in [5, 5.41) is 7.01. The first-order valence-electron chi connectivity index (χ1n) is 3.63. The number of nitrogens with one attached hydrogen (secondary N) is 1. The summed E-state index contributed by atoms with van der Waals surface area (Å²) in [6.07, 6.45) is 0.407. The summed E-state index contributed by atoms with van der Waals surface area (Å²) >= 11 is 0. The minimum absolute atomic E-state index is 0.0440. The zero-order chi connectivity index (χ0) is 8.59. The maximum absolute atomic E-state index is 11.1. The van der Waals surface area contributed by atoms with Gasteiger partial charge >= 0.3 is 0 Å². The molecule has 1 amide bonds. The van der Waals surface area contributed by atoms with Crippen LogP contribution in [0.5, 0.6) is 0 Å². The largest absolute Gasteiger partial charge is 0.388 e. The van der Waals surface area contributed by atoms with E-state index in [4.69, 9.17) is 11.1 Å². The van der Waals surface area contributed by atoms with E-state index >= 15 is 0 Å². The molecule has 1 rings (SSSR count). The third-order valence-corrected chi connectivity index (χ3v) is 2.30. The Balaban J connectivity index is 2.49. The number of nitrogens with zero attached hydrogens (tertiary/aromatic N) is 1. The Morgan fingerprint density at radius 1 is 1.82 bits per heavy atom. The van der Waals surface area contributed by atoms with Gasteiger partial charge in [-0.05, 0) is 6.92 Å². The van der Waals surface area contributed by atoms with Crippen LogP contribution < -0.4 is 5.73 Å². The lowest BCUT2D eigenvalue weighted by molar-refractivity contribution is -0.151. The number of β-lactam (4-membered cyclic amide) rings is 1. The Kier molecular flexibility index (Phi) is 1.85. The van der Waals surface area contributed by atoms with Crippen LogP contribution in [0.1, 0.15) is 13.3 Å². The second-order valence-electron chi connectivity index (χ2n) is 3.03. The Morgan fingerprint density at radius 2 is 2.36 bits per heavy atom. The lowest BCUT2D eigenvalue weighted by Crippen LogP contribution is -2.58. The molecule has 0 bridgehead atoms. The minimum Gasteiger partial charge on any atom is -0.388 e. The Hall–Kier alpha value is -1.06. The van der Waals surface area contributed by atoms with Crippen molar-refractivity contribution in [3.05, 3.63) is 0 Å². The molecule has 0 radical (unpaired) electrons. The first kappa shape index (κ1) is 8.04. The zero-order valence-corrected chi connectivity index (χ0v) is 6.79. The number of likely N-dealkylation sites (tertiary alicyclic amines) is 1. The van der Waals surface area contributed by atoms with E-state index in [1.807, 2.05) is 6.92 Å². The van der Waals surface area contributed by atoms with Gasteiger partial charge in [0.25, 0.3) is 0 Å². The molecule has 3 N–H and O–H groups in total. The molecular weight excluding hydrogens is 142 g/mol. The van der Waals surface area contributed by atoms with Crippen molar-refractivity contribution in [2.45, 2.75) is 19.4 Å². The van der Waals surface area contributed by atoms with Crippen LogP contribution in [0.3, 0.4) is 0 Å². The molecule has 2 atom stereocenters. The number of carbonyl (C=O) groups excluding carboxylic acids is 1. The molecule has 0 aromatic carbocycles. The van der Waals surface area contributed by atoms with Gasteiger partial charge in [-0.15, -0.1) is 0 Å². The van der Waals surface area contributed by atoms with E-state index < -0.39 is 0 Å². The summed E-state index contributed by atoms with van der Waals surface area (Å²) in [5.41, 5.74) is 5.19. The third-order valence-electron chi connectivity index (χ3n) is 2.30. The Morgan fingerprint density at radius 3 is 2.73 bits per heavy atom. The molecule has 1 fully saturated rings. The van der Waals surface area contributed by atoms with Crippen LogP contribution in [0.4, 0.5) is 0 Å². The maximum Gasteiger partial charge on any atom is 0.228 e. The first-order valence-corrected chi connectivity index (χ1v) is 3.63. The van der Waals surface area contributed by atoms with E-state index in [0.717, 1.165) is 0 Å². The highest BCUT2D eigenvalue weighted by Crippen LogP contribution is 2.26. The molecule has 0 saturated carbocycles. The van der Waals surface area contributed by atoms with Crippen molar-refractivity contribution in [3.63, 3.8) is 0 Å². The molecule has 62 valence electrons. The van der Waals surface area contributed by atoms with Crippen LogP contribution in [0.15, 0.2) is 0 Å². The van der Waals surface area contributed by atoms with Gasteiger partial charge in [0.1, 0.15) is 0 Å². The molecule has 0 aromatic rings. The van der Waals surface area contributed by atoms with Gasteiger partial charge in [0, 0.05) is 19.5 Å². The van der Waals surface area contributed by atoms with Crippen molar-refractivity contribution in [2.75, 3.05) is 7.05 Å². The quantitative estimate of drug-likeness (QED) is 0.329. The number of hydrogen-bond donors (Lipinski definition) is 2. The number of carbonyl (C=O) groups is 1. The summed E-state index contributed by atoms with van der Waals surface area (Å²) in [6, 6.07) is 0.242. The second kappa shape index (κ2) is 2.53. The van der Waals surface area contributed by atoms with Crippen molar-refractivity contribution in [1.82, 2.24) is 4.90 Å². The van der Waals surface area contributed by atoms with Gasteiger partial charge in [-0.25, -0.2) is 0 Å². The maximum atomic E-state index is 11.1. The smallest absolute Gasteiger partial charge is 0.228 e. The number of amidine groups is 1. The van der Waals surface area contributed by atoms with Crippen LogP contribution in [0.25, 0.3) is 0 Å². The van der Waals surface area contributed by atoms with Gasteiger partial charge in [0.2, 0.25) is 5.91 Å². The van der Waals surface area contributed by atoms with Gasteiger partial charge in [-0.1, -0.05) is 0 Å². The van der Waals surface area contributed by atoms with E-state index in [0.29, 0.717) is 6.42 Å². The number of nitrogens with two attached hydrogens (primary N) is 1. The van der Waals surface area contributed by atoms with Crippen LogP contribution in [0.2, 0.25) is 0 Å². The highest BCUT2D eigenvalue weighted by atomic mass is 16.2. The fraction of sp³-hybridized carbons (Fsp3) is 0.714. The van der Waals surface area contributed by atoms with E-state index in [2.05, 4.69) is 0 Å². The van der Waals surface area contributed by atoms with Crippen LogP contribution >= 0.6 is 0 Å². The predicted molar refractivity (Wildman–Crippen MR) is 42.3 cm³/mol. The lowest BCUT2D eigenvalue weighted by Gasteiger charge is -2.42. The molecule has 1 aliphatic heterocycles. The van der Waals surface area contributed by atoms with Crippen molar-refractivity contribution in [2.24, 2.45) is 11.7 Å². The topological polar surface area (TPSA) is 70.2 Å². The fourth-order valence-electron chi connectivity index (χ4n) is 1.35. The summed E-state index contributed by atoms with van der Waals surface area (Å²) in [7, 11) is 1.77. The third kappa shape index (κ3) is 1.20. The standard InChI is InChI=1S/C7H13N3O/c1-4-5(3-6(8)9)7(11)10(4)2/h4-5H,3H2,1-2H3,(H3,8,9). The van der Waals surface area contributed by atoms with Crippen LogP contribution in [-0.4, -0.2) is 29.7 Å². The highest BCUT2D eigenvalue weighted by molar-refractivity contribution is 5.90. The monoisotopic (exact) mass is 155 g/mol. The van der Waals surface area contributed by atoms with Crippen LogP contribution in [0, 0.1) is 11.3 Å². The van der Waals surface area contributed by atoms with E-state index in [9.17, 15) is 4.79 Å². The molecule has 11 heavy (non-hydrogen) atoms. The number of amides is 1. The van der Waals surface area contributed by atoms with Gasteiger partial charge in [-0.3, -0.25) is 10.2 Å². The van der Waals surface area contributed by atoms with Crippen molar-refractivity contribution in [3.8, 4) is 0 Å². The Labute approximate surface area is 65.9 Å².